The Bertz CT molecular complexity index is 2930. The van der Waals surface area contributed by atoms with Gasteiger partial charge in [-0.15, -0.1) is 0 Å². The van der Waals surface area contributed by atoms with Gasteiger partial charge in [0.1, 0.15) is 25.5 Å². The molecule has 0 aliphatic carbocycles. The summed E-state index contributed by atoms with van der Waals surface area (Å²) in [5, 5.41) is 8.82. The molecule has 6 amide bonds. The van der Waals surface area contributed by atoms with E-state index >= 15 is 0 Å². The molecule has 2 fully saturated rings. The molecule has 7 heterocycles. The summed E-state index contributed by atoms with van der Waals surface area (Å²) in [4.78, 5) is 126. The van der Waals surface area contributed by atoms with Crippen molar-refractivity contribution in [2.24, 2.45) is 5.73 Å². The van der Waals surface area contributed by atoms with Crippen molar-refractivity contribution in [1.29, 1.82) is 0 Å². The number of pyridine rings is 2. The summed E-state index contributed by atoms with van der Waals surface area (Å²) in [5.74, 6) is -3.03. The number of imide groups is 1. The molecule has 2 aromatic heterocycles. The molecule has 1 unspecified atom stereocenters. The lowest BCUT2D eigenvalue weighted by molar-refractivity contribution is -0.189. The lowest BCUT2D eigenvalue weighted by Gasteiger charge is -2.39. The number of carbonyl (C=O) groups excluding carboxylic acids is 8. The predicted octanol–water partition coefficient (Wildman–Crippen LogP) is 3.02. The van der Waals surface area contributed by atoms with E-state index in [1.54, 1.807) is 34.6 Å². The SMILES string of the molecule is CCc1c2c(nc3ccc(OC(=O)N4CCC(N5CCCCC5)CC4)cc13)-c1cc3c(c(=O)n1C2)COC(=O)[C@@]3(CC)OC(=O)CNC(=O)C(N)CCCCNC(=O)COCCOCCOCCNC(=O)CCCCCN1C(=O)C=CC1=O. The molecule has 24 heteroatoms. The molecule has 1 aromatic carbocycles. The Hall–Kier alpha value is -7.12. The summed E-state index contributed by atoms with van der Waals surface area (Å²) < 4.78 is 35.2. The van der Waals surface area contributed by atoms with Crippen molar-refractivity contribution < 1.29 is 66.8 Å². The number of likely N-dealkylation sites (tertiary alicyclic amines) is 2. The second kappa shape index (κ2) is 29.9. The van der Waals surface area contributed by atoms with Crippen LogP contribution in [0, 0.1) is 0 Å². The molecule has 5 N–H and O–H groups in total. The Kier molecular flexibility index (Phi) is 22.3. The smallest absolute Gasteiger partial charge is 0.415 e. The Labute approximate surface area is 482 Å². The highest BCUT2D eigenvalue weighted by atomic mass is 16.6. The van der Waals surface area contributed by atoms with Crippen LogP contribution in [0.3, 0.4) is 0 Å². The van der Waals surface area contributed by atoms with Crippen LogP contribution in [0.2, 0.25) is 0 Å². The van der Waals surface area contributed by atoms with E-state index in [0.29, 0.717) is 120 Å². The van der Waals surface area contributed by atoms with Gasteiger partial charge in [-0.2, -0.15) is 0 Å². The van der Waals surface area contributed by atoms with Crippen molar-refractivity contribution in [2.75, 3.05) is 92.0 Å². The van der Waals surface area contributed by atoms with Gasteiger partial charge in [0.2, 0.25) is 23.3 Å². The number of aryl methyl sites for hydroxylation is 1. The third-order valence-electron chi connectivity index (χ3n) is 16.0. The fourth-order valence-electron chi connectivity index (χ4n) is 11.4. The van der Waals surface area contributed by atoms with Gasteiger partial charge in [-0.05, 0) is 114 Å². The van der Waals surface area contributed by atoms with Crippen LogP contribution >= 0.6 is 0 Å². The average molecular weight is 1150 g/mol. The van der Waals surface area contributed by atoms with Crippen LogP contribution in [0.15, 0.2) is 41.2 Å². The summed E-state index contributed by atoms with van der Waals surface area (Å²) in [6.45, 7) is 8.67. The monoisotopic (exact) mass is 1150 g/mol. The standard InChI is InChI=1S/C59H79N9O15/c1-3-41-42-33-40(82-58(77)66-26-19-39(20-27-66)65-23-10-6-11-24-65)15-16-47(42)64-54-43(41)36-68-48(54)34-45-44(56(68)75)37-81-57(76)59(45,4-2)83-53(73)35-63-55(74)46(60)13-8-9-21-61-50(70)38-80-32-31-79-30-29-78-28-22-62-49(69)14-7-5-12-25-67-51(71)17-18-52(67)72/h15-18,33-34,39,46H,3-14,19-32,35-38,60H2,1-2H3,(H,61,70)(H,62,69)(H,63,74)/t46?,59-/m0/s1. The minimum Gasteiger partial charge on any atom is -0.457 e. The van der Waals surface area contributed by atoms with E-state index in [2.05, 4.69) is 20.9 Å². The number of nitrogens with zero attached hydrogens (tertiary/aromatic N) is 5. The summed E-state index contributed by atoms with van der Waals surface area (Å²) in [6.07, 6.45) is 11.8. The first-order valence-electron chi connectivity index (χ1n) is 29.4. The Morgan fingerprint density at radius 1 is 0.795 bits per heavy atom. The van der Waals surface area contributed by atoms with Crippen LogP contribution < -0.4 is 32.0 Å². The lowest BCUT2D eigenvalue weighted by atomic mass is 9.85. The minimum absolute atomic E-state index is 0.0721. The van der Waals surface area contributed by atoms with Crippen molar-refractivity contribution in [3.63, 3.8) is 0 Å². The highest BCUT2D eigenvalue weighted by Gasteiger charge is 2.50. The normalized spacial score (nSPS) is 18.1. The zero-order chi connectivity index (χ0) is 58.9. The zero-order valence-electron chi connectivity index (χ0n) is 47.8. The van der Waals surface area contributed by atoms with E-state index in [4.69, 9.17) is 39.1 Å². The molecule has 24 nitrogen and oxygen atoms in total. The molecule has 3 aromatic rings. The second-order valence-electron chi connectivity index (χ2n) is 21.4. The van der Waals surface area contributed by atoms with Gasteiger partial charge in [-0.25, -0.2) is 14.6 Å². The molecule has 2 saturated heterocycles. The second-order valence-corrected chi connectivity index (χ2v) is 21.4. The molecule has 0 spiro atoms. The van der Waals surface area contributed by atoms with Crippen molar-refractivity contribution in [1.82, 2.24) is 40.2 Å². The number of esters is 2. The zero-order valence-corrected chi connectivity index (χ0v) is 47.8. The Morgan fingerprint density at radius 2 is 1.52 bits per heavy atom. The van der Waals surface area contributed by atoms with E-state index in [-0.39, 0.29) is 86.7 Å². The van der Waals surface area contributed by atoms with Crippen LogP contribution in [0.5, 0.6) is 5.75 Å². The number of nitrogens with one attached hydrogen (secondary N) is 3. The number of hydrogen-bond acceptors (Lipinski definition) is 18. The van der Waals surface area contributed by atoms with Crippen molar-refractivity contribution in [3.8, 4) is 17.1 Å². The Balaban J connectivity index is 0.711. The maximum atomic E-state index is 14.3. The number of carbonyl (C=O) groups is 8. The van der Waals surface area contributed by atoms with E-state index in [1.165, 1.54) is 36.3 Å². The van der Waals surface area contributed by atoms with E-state index in [1.807, 2.05) is 13.0 Å². The molecular weight excluding hydrogens is 1070 g/mol. The summed E-state index contributed by atoms with van der Waals surface area (Å²) in [7, 11) is 0. The summed E-state index contributed by atoms with van der Waals surface area (Å²) >= 11 is 0. The minimum atomic E-state index is -1.99. The number of amides is 6. The van der Waals surface area contributed by atoms with Crippen LogP contribution in [-0.4, -0.2) is 176 Å². The van der Waals surface area contributed by atoms with Gasteiger partial charge in [-0.1, -0.05) is 26.7 Å². The molecule has 5 aliphatic heterocycles. The van der Waals surface area contributed by atoms with Crippen LogP contribution in [-0.2, 0) is 82.4 Å². The van der Waals surface area contributed by atoms with E-state index < -0.39 is 41.6 Å². The highest BCUT2D eigenvalue weighted by Crippen LogP contribution is 2.42. The molecule has 0 saturated carbocycles. The first kappa shape index (κ1) is 61.9. The van der Waals surface area contributed by atoms with E-state index in [9.17, 15) is 43.2 Å². The number of cyclic esters (lactones) is 1. The number of benzene rings is 1. The van der Waals surface area contributed by atoms with Crippen LogP contribution in [0.4, 0.5) is 4.79 Å². The maximum absolute atomic E-state index is 14.3. The van der Waals surface area contributed by atoms with Crippen molar-refractivity contribution in [2.45, 2.75) is 135 Å². The van der Waals surface area contributed by atoms with Crippen LogP contribution in [0.1, 0.15) is 120 Å². The van der Waals surface area contributed by atoms with Crippen molar-refractivity contribution >= 4 is 58.5 Å². The quantitative estimate of drug-likeness (QED) is 0.0331. The van der Waals surface area contributed by atoms with Gasteiger partial charge in [0.25, 0.3) is 17.4 Å². The fourth-order valence-corrected chi connectivity index (χ4v) is 11.4. The molecule has 2 atom stereocenters. The number of rotatable bonds is 30. The molecule has 0 bridgehead atoms. The predicted molar refractivity (Wildman–Crippen MR) is 301 cm³/mol. The number of piperidine rings is 2. The van der Waals surface area contributed by atoms with Gasteiger partial charge < -0.3 is 64.5 Å². The largest absolute Gasteiger partial charge is 0.457 e. The fraction of sp³-hybridized carbons (Fsp3) is 0.593. The summed E-state index contributed by atoms with van der Waals surface area (Å²) in [5.41, 5.74) is 7.48. The van der Waals surface area contributed by atoms with Gasteiger partial charge >= 0.3 is 18.0 Å². The van der Waals surface area contributed by atoms with Gasteiger partial charge in [0, 0.05) is 73.9 Å². The first-order valence-corrected chi connectivity index (χ1v) is 29.4. The molecule has 5 aliphatic rings. The molecule has 0 radical (unpaired) electrons. The number of fused-ring (bicyclic) bond motifs is 5. The van der Waals surface area contributed by atoms with Gasteiger partial charge in [0.15, 0.2) is 0 Å². The average Bonchev–Trinajstić information content (AvgIpc) is 2.20. The summed E-state index contributed by atoms with van der Waals surface area (Å²) in [6, 6.07) is 6.54. The third kappa shape index (κ3) is 15.8. The topological polar surface area (TPSA) is 299 Å². The number of nitrogens with two attached hydrogens (primary N) is 1. The first-order chi connectivity index (χ1) is 40.2. The van der Waals surface area contributed by atoms with Crippen LogP contribution in [0.25, 0.3) is 22.3 Å². The van der Waals surface area contributed by atoms with Crippen molar-refractivity contribution in [3.05, 3.63) is 69.0 Å². The van der Waals surface area contributed by atoms with E-state index in [0.717, 1.165) is 48.9 Å². The molecule has 450 valence electrons. The number of hydrogen-bond donors (Lipinski definition) is 4. The van der Waals surface area contributed by atoms with Gasteiger partial charge in [0.05, 0.1) is 68.1 Å². The number of unbranched alkanes of at least 4 members (excludes halogenated alkanes) is 3. The maximum Gasteiger partial charge on any atom is 0.415 e. The third-order valence-corrected chi connectivity index (χ3v) is 16.0. The van der Waals surface area contributed by atoms with Gasteiger partial charge in [-0.3, -0.25) is 38.5 Å². The lowest BCUT2D eigenvalue weighted by Crippen LogP contribution is -2.49. The number of ether oxygens (including phenoxy) is 6. The molecular formula is C59H79N9O15. The number of aromatic nitrogens is 2. The molecule has 8 rings (SSSR count). The Morgan fingerprint density at radius 3 is 2.25 bits per heavy atom. The highest BCUT2D eigenvalue weighted by molar-refractivity contribution is 6.12. The molecule has 83 heavy (non-hydrogen) atoms.